The second-order valence-electron chi connectivity index (χ2n) is 9.15. The normalized spacial score (nSPS) is 11.1. The molecule has 5 aromatic rings. The molecule has 0 saturated heterocycles. The summed E-state index contributed by atoms with van der Waals surface area (Å²) in [5.74, 6) is 0.849. The van der Waals surface area contributed by atoms with E-state index in [1.807, 2.05) is 79.7 Å². The molecule has 206 valence electrons. The molecule has 8 nitrogen and oxygen atoms in total. The Labute approximate surface area is 241 Å². The first-order valence-corrected chi connectivity index (χ1v) is 13.9. The van der Waals surface area contributed by atoms with Gasteiger partial charge >= 0.3 is 0 Å². The van der Waals surface area contributed by atoms with Crippen molar-refractivity contribution in [3.63, 3.8) is 0 Å². The highest BCUT2D eigenvalue weighted by molar-refractivity contribution is 7.99. The predicted octanol–water partition coefficient (Wildman–Crippen LogP) is 5.52. The van der Waals surface area contributed by atoms with Gasteiger partial charge in [0.15, 0.2) is 16.7 Å². The topological polar surface area (TPSA) is 94.8 Å². The van der Waals surface area contributed by atoms with E-state index in [2.05, 4.69) is 15.5 Å². The molecule has 0 radical (unpaired) electrons. The molecule has 1 amide bonds. The number of hydrogen-bond donors (Lipinski definition) is 1. The van der Waals surface area contributed by atoms with E-state index in [-0.39, 0.29) is 17.2 Å². The molecule has 9 heteroatoms. The van der Waals surface area contributed by atoms with Crippen molar-refractivity contribution in [1.82, 2.24) is 15.0 Å². The number of carbonyl (C=O) groups excluding carboxylic acids is 1. The number of aryl methyl sites for hydroxylation is 1. The van der Waals surface area contributed by atoms with E-state index in [4.69, 9.17) is 9.47 Å². The van der Waals surface area contributed by atoms with Crippen molar-refractivity contribution in [3.05, 3.63) is 124 Å². The van der Waals surface area contributed by atoms with Crippen LogP contribution in [-0.4, -0.2) is 34.5 Å². The second-order valence-corrected chi connectivity index (χ2v) is 10.1. The first-order valence-electron chi connectivity index (χ1n) is 12.9. The summed E-state index contributed by atoms with van der Waals surface area (Å²) < 4.78 is 12.9. The van der Waals surface area contributed by atoms with Crippen molar-refractivity contribution in [3.8, 4) is 17.2 Å². The van der Waals surface area contributed by atoms with E-state index in [0.29, 0.717) is 39.9 Å². The van der Waals surface area contributed by atoms with E-state index < -0.39 is 0 Å². The Bertz CT molecular complexity index is 1750. The zero-order valence-electron chi connectivity index (χ0n) is 22.6. The Kier molecular flexibility index (Phi) is 8.76. The monoisotopic (exact) mass is 564 g/mol. The van der Waals surface area contributed by atoms with Crippen LogP contribution in [-0.2, 0) is 11.4 Å². The number of nitrogens with zero attached hydrogens (tertiary/aromatic N) is 3. The maximum atomic E-state index is 13.4. The predicted molar refractivity (Wildman–Crippen MR) is 162 cm³/mol. The summed E-state index contributed by atoms with van der Waals surface area (Å²) >= 11 is 1.17. The van der Waals surface area contributed by atoms with Gasteiger partial charge in [-0.05, 0) is 60.5 Å². The van der Waals surface area contributed by atoms with Crippen LogP contribution in [0.4, 0.5) is 0 Å². The number of fused-ring (bicyclic) bond motifs is 1. The van der Waals surface area contributed by atoms with Crippen LogP contribution in [0.1, 0.15) is 16.7 Å². The number of thioether (sulfide) groups is 1. The van der Waals surface area contributed by atoms with Crippen LogP contribution < -0.4 is 20.5 Å². The highest BCUT2D eigenvalue weighted by Crippen LogP contribution is 2.28. The van der Waals surface area contributed by atoms with Gasteiger partial charge in [0.1, 0.15) is 6.61 Å². The number of carbonyl (C=O) groups is 1. The molecule has 41 heavy (non-hydrogen) atoms. The molecule has 0 bridgehead atoms. The molecule has 1 N–H and O–H groups in total. The summed E-state index contributed by atoms with van der Waals surface area (Å²) in [6.07, 6.45) is 1.53. The maximum Gasteiger partial charge on any atom is 0.266 e. The highest BCUT2D eigenvalue weighted by Gasteiger charge is 2.15. The third-order valence-corrected chi connectivity index (χ3v) is 7.14. The Hall–Kier alpha value is -4.89. The summed E-state index contributed by atoms with van der Waals surface area (Å²) in [5, 5.41) is 5.02. The smallest absolute Gasteiger partial charge is 0.266 e. The van der Waals surface area contributed by atoms with Crippen LogP contribution in [0.25, 0.3) is 16.6 Å². The van der Waals surface area contributed by atoms with Gasteiger partial charge in [-0.25, -0.2) is 10.4 Å². The first-order chi connectivity index (χ1) is 20.0. The Morgan fingerprint density at radius 2 is 1.73 bits per heavy atom. The summed E-state index contributed by atoms with van der Waals surface area (Å²) in [6, 6.07) is 30.1. The first kappa shape index (κ1) is 27.7. The van der Waals surface area contributed by atoms with E-state index in [1.54, 1.807) is 31.4 Å². The summed E-state index contributed by atoms with van der Waals surface area (Å²) in [6.45, 7) is 2.40. The van der Waals surface area contributed by atoms with Gasteiger partial charge in [0.05, 0.1) is 35.7 Å². The van der Waals surface area contributed by atoms with Gasteiger partial charge in [0.25, 0.3) is 11.5 Å². The Morgan fingerprint density at radius 1 is 0.976 bits per heavy atom. The number of nitrogens with one attached hydrogen (secondary N) is 1. The number of ether oxygens (including phenoxy) is 2. The third-order valence-electron chi connectivity index (χ3n) is 6.20. The van der Waals surface area contributed by atoms with Gasteiger partial charge in [-0.15, -0.1) is 0 Å². The van der Waals surface area contributed by atoms with E-state index in [0.717, 1.165) is 16.7 Å². The molecule has 0 aliphatic heterocycles. The lowest BCUT2D eigenvalue weighted by Gasteiger charge is -2.13. The second kappa shape index (κ2) is 13.0. The number of rotatable bonds is 10. The van der Waals surface area contributed by atoms with Crippen molar-refractivity contribution < 1.29 is 14.3 Å². The lowest BCUT2D eigenvalue weighted by Crippen LogP contribution is -2.24. The fourth-order valence-corrected chi connectivity index (χ4v) is 4.90. The average molecular weight is 565 g/mol. The van der Waals surface area contributed by atoms with Gasteiger partial charge in [0.2, 0.25) is 0 Å². The molecule has 0 saturated carbocycles. The molecular formula is C32H28N4O4S. The van der Waals surface area contributed by atoms with Gasteiger partial charge < -0.3 is 9.47 Å². The molecule has 5 rings (SSSR count). The molecule has 0 unspecified atom stereocenters. The minimum absolute atomic E-state index is 0.0174. The highest BCUT2D eigenvalue weighted by atomic mass is 32.2. The Balaban J connectivity index is 1.25. The lowest BCUT2D eigenvalue weighted by molar-refractivity contribution is -0.118. The molecule has 0 aliphatic rings. The molecule has 0 fully saturated rings. The summed E-state index contributed by atoms with van der Waals surface area (Å²) in [7, 11) is 1.57. The Morgan fingerprint density at radius 3 is 2.51 bits per heavy atom. The standard InChI is InChI=1S/C32H28N4O4S/c1-22-12-15-25(16-13-22)36-31(38)26-10-6-7-11-27(26)34-32(36)41-21-30(37)35-33-19-24-14-17-28(29(18-24)39-2)40-20-23-8-4-3-5-9-23/h3-19H,20-21H2,1-2H3,(H,35,37)/b33-19+. The van der Waals surface area contributed by atoms with Crippen molar-refractivity contribution in [2.75, 3.05) is 12.9 Å². The maximum absolute atomic E-state index is 13.4. The van der Waals surface area contributed by atoms with Gasteiger partial charge in [-0.1, -0.05) is 71.9 Å². The minimum Gasteiger partial charge on any atom is -0.493 e. The van der Waals surface area contributed by atoms with Crippen molar-refractivity contribution in [2.24, 2.45) is 5.10 Å². The van der Waals surface area contributed by atoms with E-state index in [1.165, 1.54) is 22.5 Å². The number of amides is 1. The van der Waals surface area contributed by atoms with Gasteiger partial charge in [-0.3, -0.25) is 14.2 Å². The molecule has 1 aromatic heterocycles. The largest absolute Gasteiger partial charge is 0.493 e. The number of benzene rings is 4. The molecule has 4 aromatic carbocycles. The van der Waals surface area contributed by atoms with Crippen LogP contribution in [0.5, 0.6) is 11.5 Å². The molecule has 0 aliphatic carbocycles. The fraction of sp³-hybridized carbons (Fsp3) is 0.125. The number of hydrazone groups is 1. The van der Waals surface area contributed by atoms with Crippen LogP contribution in [0.2, 0.25) is 0 Å². The zero-order valence-corrected chi connectivity index (χ0v) is 23.4. The number of aromatic nitrogens is 2. The molecular weight excluding hydrogens is 536 g/mol. The van der Waals surface area contributed by atoms with E-state index >= 15 is 0 Å². The van der Waals surface area contributed by atoms with Crippen LogP contribution in [0.15, 0.2) is 112 Å². The number of para-hydroxylation sites is 1. The number of methoxy groups -OCH3 is 1. The lowest BCUT2D eigenvalue weighted by atomic mass is 10.2. The van der Waals surface area contributed by atoms with Gasteiger partial charge in [-0.2, -0.15) is 5.10 Å². The summed E-state index contributed by atoms with van der Waals surface area (Å²) in [4.78, 5) is 30.7. The minimum atomic E-state index is -0.334. The quantitative estimate of drug-likeness (QED) is 0.104. The van der Waals surface area contributed by atoms with Crippen molar-refractivity contribution in [1.29, 1.82) is 0 Å². The average Bonchev–Trinajstić information content (AvgIpc) is 3.00. The van der Waals surface area contributed by atoms with Crippen molar-refractivity contribution in [2.45, 2.75) is 18.7 Å². The fourth-order valence-electron chi connectivity index (χ4n) is 4.09. The molecule has 0 spiro atoms. The van der Waals surface area contributed by atoms with E-state index in [9.17, 15) is 9.59 Å². The summed E-state index contributed by atoms with van der Waals surface area (Å²) in [5.41, 5.74) is 6.47. The van der Waals surface area contributed by atoms with Crippen LogP contribution >= 0.6 is 11.8 Å². The molecule has 1 heterocycles. The SMILES string of the molecule is COc1cc(/C=N/NC(=O)CSc2nc3ccccc3c(=O)n2-c2ccc(C)cc2)ccc1OCc1ccccc1. The van der Waals surface area contributed by atoms with Crippen LogP contribution in [0, 0.1) is 6.92 Å². The zero-order chi connectivity index (χ0) is 28.6. The third kappa shape index (κ3) is 6.82. The van der Waals surface area contributed by atoms with Gasteiger partial charge in [0, 0.05) is 0 Å². The molecule has 0 atom stereocenters. The number of hydrogen-bond acceptors (Lipinski definition) is 7. The van der Waals surface area contributed by atoms with Crippen LogP contribution in [0.3, 0.4) is 0 Å². The van der Waals surface area contributed by atoms with Crippen molar-refractivity contribution >= 4 is 34.8 Å².